The van der Waals surface area contributed by atoms with Crippen LogP contribution in [0.15, 0.2) is 24.3 Å². The van der Waals surface area contributed by atoms with E-state index in [1.807, 2.05) is 27.7 Å². The molecule has 2 atom stereocenters. The Morgan fingerprint density at radius 1 is 1.22 bits per heavy atom. The van der Waals surface area contributed by atoms with E-state index in [4.69, 9.17) is 4.74 Å². The molecule has 0 aliphatic rings. The number of aliphatic hydroxyl groups is 1. The summed E-state index contributed by atoms with van der Waals surface area (Å²) in [6, 6.07) is 6.82. The van der Waals surface area contributed by atoms with Gasteiger partial charge in [-0.3, -0.25) is 0 Å². The van der Waals surface area contributed by atoms with Gasteiger partial charge in [0, 0.05) is 6.04 Å². The van der Waals surface area contributed by atoms with Crippen molar-refractivity contribution in [3.63, 3.8) is 0 Å². The maximum atomic E-state index is 11.7. The lowest BCUT2D eigenvalue weighted by Gasteiger charge is -2.22. The van der Waals surface area contributed by atoms with Crippen molar-refractivity contribution in [2.24, 2.45) is 0 Å². The van der Waals surface area contributed by atoms with E-state index in [0.29, 0.717) is 12.0 Å². The number of carbonyl (C=O) groups is 2. The molecule has 128 valence electrons. The molecule has 0 aliphatic heterocycles. The van der Waals surface area contributed by atoms with Crippen molar-refractivity contribution in [3.8, 4) is 0 Å². The number of amides is 1. The van der Waals surface area contributed by atoms with Crippen molar-refractivity contribution in [2.45, 2.75) is 51.9 Å². The Labute approximate surface area is 136 Å². The van der Waals surface area contributed by atoms with Gasteiger partial charge < -0.3 is 19.9 Å². The molecule has 0 aromatic heterocycles. The normalized spacial score (nSPS) is 13.8. The van der Waals surface area contributed by atoms with E-state index >= 15 is 0 Å². The zero-order valence-electron chi connectivity index (χ0n) is 14.3. The average Bonchev–Trinajstić information content (AvgIpc) is 2.44. The Hall–Kier alpha value is -2.08. The summed E-state index contributed by atoms with van der Waals surface area (Å²) in [5.41, 5.74) is 0.901. The van der Waals surface area contributed by atoms with Crippen LogP contribution < -0.4 is 5.32 Å². The second kappa shape index (κ2) is 7.97. The maximum absolute atomic E-state index is 11.7. The highest BCUT2D eigenvalue weighted by Gasteiger charge is 2.19. The molecule has 2 N–H and O–H groups in total. The number of alkyl carbamates (subject to hydrolysis) is 1. The molecule has 0 fully saturated rings. The Bertz CT molecular complexity index is 533. The topological polar surface area (TPSA) is 84.9 Å². The van der Waals surface area contributed by atoms with E-state index in [0.717, 1.165) is 5.56 Å². The third kappa shape index (κ3) is 6.69. The Balaban J connectivity index is 2.58. The lowest BCUT2D eigenvalue weighted by Crippen LogP contribution is -2.38. The standard InChI is InChI=1S/C17H25NO5/c1-11(18-16(21)23-17(2,3)4)10-12-6-8-13(9-7-12)14(19)15(20)22-5/h6-9,11,14,19H,10H2,1-5H3,(H,18,21)/t11-,14-/m1/s1. The van der Waals surface area contributed by atoms with Gasteiger partial charge >= 0.3 is 12.1 Å². The highest BCUT2D eigenvalue weighted by Crippen LogP contribution is 2.16. The van der Waals surface area contributed by atoms with Gasteiger partial charge in [0.1, 0.15) is 5.60 Å². The summed E-state index contributed by atoms with van der Waals surface area (Å²) in [5, 5.41) is 12.5. The predicted octanol–water partition coefficient (Wildman–Crippen LogP) is 2.35. The van der Waals surface area contributed by atoms with Crippen LogP contribution in [0.1, 0.15) is 44.9 Å². The van der Waals surface area contributed by atoms with Crippen LogP contribution in [0.4, 0.5) is 4.79 Å². The first kappa shape index (κ1) is 19.0. The molecule has 1 rings (SSSR count). The SMILES string of the molecule is COC(=O)[C@H](O)c1ccc(C[C@@H](C)NC(=O)OC(C)(C)C)cc1. The molecule has 0 heterocycles. The molecule has 1 aromatic carbocycles. The summed E-state index contributed by atoms with van der Waals surface area (Å²) in [5.74, 6) is -0.697. The van der Waals surface area contributed by atoms with Crippen molar-refractivity contribution >= 4 is 12.1 Å². The fourth-order valence-corrected chi connectivity index (χ4v) is 2.00. The minimum Gasteiger partial charge on any atom is -0.467 e. The fourth-order valence-electron chi connectivity index (χ4n) is 2.00. The number of carbonyl (C=O) groups excluding carboxylic acids is 2. The van der Waals surface area contributed by atoms with Crippen LogP contribution in [0.2, 0.25) is 0 Å². The molecule has 0 bridgehead atoms. The first-order chi connectivity index (χ1) is 10.6. The van der Waals surface area contributed by atoms with Crippen LogP contribution in [0.3, 0.4) is 0 Å². The molecular weight excluding hydrogens is 298 g/mol. The Morgan fingerprint density at radius 2 is 1.78 bits per heavy atom. The van der Waals surface area contributed by atoms with Gasteiger partial charge in [0.25, 0.3) is 0 Å². The number of aliphatic hydroxyl groups excluding tert-OH is 1. The highest BCUT2D eigenvalue weighted by molar-refractivity contribution is 5.76. The highest BCUT2D eigenvalue weighted by atomic mass is 16.6. The zero-order chi connectivity index (χ0) is 17.6. The number of ether oxygens (including phenoxy) is 2. The summed E-state index contributed by atoms with van der Waals surface area (Å²) >= 11 is 0. The largest absolute Gasteiger partial charge is 0.467 e. The minimum atomic E-state index is -1.29. The van der Waals surface area contributed by atoms with Crippen molar-refractivity contribution in [2.75, 3.05) is 7.11 Å². The van der Waals surface area contributed by atoms with Gasteiger partial charge in [0.2, 0.25) is 0 Å². The summed E-state index contributed by atoms with van der Waals surface area (Å²) in [4.78, 5) is 23.0. The Morgan fingerprint density at radius 3 is 2.26 bits per heavy atom. The fraction of sp³-hybridized carbons (Fsp3) is 0.529. The lowest BCUT2D eigenvalue weighted by molar-refractivity contribution is -0.150. The zero-order valence-corrected chi connectivity index (χ0v) is 14.3. The second-order valence-electron chi connectivity index (χ2n) is 6.42. The van der Waals surface area contributed by atoms with Crippen LogP contribution in [-0.2, 0) is 20.7 Å². The summed E-state index contributed by atoms with van der Waals surface area (Å²) in [6.45, 7) is 7.30. The van der Waals surface area contributed by atoms with E-state index in [1.165, 1.54) is 7.11 Å². The van der Waals surface area contributed by atoms with Crippen LogP contribution in [0, 0.1) is 0 Å². The van der Waals surface area contributed by atoms with Crippen LogP contribution in [-0.4, -0.2) is 35.9 Å². The third-order valence-corrected chi connectivity index (χ3v) is 3.02. The van der Waals surface area contributed by atoms with Gasteiger partial charge in [-0.15, -0.1) is 0 Å². The molecule has 23 heavy (non-hydrogen) atoms. The molecule has 0 spiro atoms. The van der Waals surface area contributed by atoms with Gasteiger partial charge in [-0.05, 0) is 45.2 Å². The van der Waals surface area contributed by atoms with Gasteiger partial charge in [-0.25, -0.2) is 9.59 Å². The molecule has 0 saturated carbocycles. The molecule has 0 saturated heterocycles. The van der Waals surface area contributed by atoms with Crippen molar-refractivity contribution < 1.29 is 24.2 Å². The molecule has 6 nitrogen and oxygen atoms in total. The number of nitrogens with one attached hydrogen (secondary N) is 1. The molecule has 0 radical (unpaired) electrons. The molecule has 0 aliphatic carbocycles. The smallest absolute Gasteiger partial charge is 0.407 e. The van der Waals surface area contributed by atoms with Crippen molar-refractivity contribution in [1.82, 2.24) is 5.32 Å². The van der Waals surface area contributed by atoms with E-state index < -0.39 is 23.8 Å². The van der Waals surface area contributed by atoms with E-state index in [2.05, 4.69) is 10.1 Å². The molecule has 1 amide bonds. The number of methoxy groups -OCH3 is 1. The van der Waals surface area contributed by atoms with Gasteiger partial charge in [0.05, 0.1) is 7.11 Å². The number of hydrogen-bond acceptors (Lipinski definition) is 5. The number of benzene rings is 1. The average molecular weight is 323 g/mol. The predicted molar refractivity (Wildman–Crippen MR) is 86.0 cm³/mol. The first-order valence-corrected chi connectivity index (χ1v) is 7.46. The van der Waals surface area contributed by atoms with Gasteiger partial charge in [-0.2, -0.15) is 0 Å². The third-order valence-electron chi connectivity index (χ3n) is 3.02. The lowest BCUT2D eigenvalue weighted by atomic mass is 10.0. The van der Waals surface area contributed by atoms with Crippen molar-refractivity contribution in [1.29, 1.82) is 0 Å². The Kier molecular flexibility index (Phi) is 6.57. The molecule has 0 unspecified atom stereocenters. The monoisotopic (exact) mass is 323 g/mol. The number of esters is 1. The number of rotatable bonds is 5. The van der Waals surface area contributed by atoms with Crippen LogP contribution in [0.25, 0.3) is 0 Å². The molecular formula is C17H25NO5. The quantitative estimate of drug-likeness (QED) is 0.813. The van der Waals surface area contributed by atoms with E-state index in [1.54, 1.807) is 24.3 Å². The second-order valence-corrected chi connectivity index (χ2v) is 6.42. The summed E-state index contributed by atoms with van der Waals surface area (Å²) in [7, 11) is 1.23. The first-order valence-electron chi connectivity index (χ1n) is 7.46. The summed E-state index contributed by atoms with van der Waals surface area (Å²) in [6.07, 6.45) is -1.14. The van der Waals surface area contributed by atoms with E-state index in [9.17, 15) is 14.7 Å². The van der Waals surface area contributed by atoms with E-state index in [-0.39, 0.29) is 6.04 Å². The van der Waals surface area contributed by atoms with Crippen molar-refractivity contribution in [3.05, 3.63) is 35.4 Å². The van der Waals surface area contributed by atoms with Gasteiger partial charge in [-0.1, -0.05) is 24.3 Å². The van der Waals surface area contributed by atoms with Gasteiger partial charge in [0.15, 0.2) is 6.10 Å². The van der Waals surface area contributed by atoms with Crippen LogP contribution >= 0.6 is 0 Å². The number of hydrogen-bond donors (Lipinski definition) is 2. The molecule has 6 heteroatoms. The summed E-state index contributed by atoms with van der Waals surface area (Å²) < 4.78 is 9.70. The van der Waals surface area contributed by atoms with Crippen LogP contribution in [0.5, 0.6) is 0 Å². The minimum absolute atomic E-state index is 0.110. The maximum Gasteiger partial charge on any atom is 0.407 e. The molecule has 1 aromatic rings.